The molecule has 2 aliphatic heterocycles. The second-order valence-electron chi connectivity index (χ2n) is 11.1. The van der Waals surface area contributed by atoms with E-state index in [0.29, 0.717) is 50.9 Å². The van der Waals surface area contributed by atoms with Crippen molar-refractivity contribution in [3.8, 4) is 11.5 Å². The van der Waals surface area contributed by atoms with Gasteiger partial charge in [0.2, 0.25) is 0 Å². The Morgan fingerprint density at radius 1 is 0.894 bits per heavy atom. The second kappa shape index (κ2) is 12.2. The van der Waals surface area contributed by atoms with E-state index < -0.39 is 17.5 Å². The zero-order chi connectivity index (χ0) is 32.7. The minimum Gasteiger partial charge on any atom is -0.497 e. The Kier molecular flexibility index (Phi) is 7.79. The third-order valence-electron chi connectivity index (χ3n) is 8.34. The number of nitrogens with one attached hydrogen (secondary N) is 1. The van der Waals surface area contributed by atoms with Gasteiger partial charge in [-0.25, -0.2) is 4.99 Å². The molecule has 234 valence electrons. The standard InChI is InChI=1S/C37H30N4O5S/c1-22-30(34(42)39-24-14-8-5-9-15-24)32(27-19-18-25(45-2)20-29(27)46-3)41-36(44)33(47-37(41)38-22)31-26-16-10-11-17-28(26)40(35(31)43)21-23-12-6-4-7-13-23/h4-20,32H,21H2,1-3H3,(H,39,42)/b33-31-/t32-/m0/s1. The Balaban J connectivity index is 1.44. The average Bonchev–Trinajstić information content (AvgIpc) is 3.56. The van der Waals surface area contributed by atoms with Gasteiger partial charge in [-0.1, -0.05) is 78.1 Å². The van der Waals surface area contributed by atoms with E-state index in [1.807, 2.05) is 72.8 Å². The summed E-state index contributed by atoms with van der Waals surface area (Å²) in [5.41, 5.74) is 4.17. The third kappa shape index (κ3) is 5.22. The summed E-state index contributed by atoms with van der Waals surface area (Å²) in [5, 5.41) is 2.96. The zero-order valence-electron chi connectivity index (χ0n) is 25.9. The molecule has 47 heavy (non-hydrogen) atoms. The predicted octanol–water partition coefficient (Wildman–Crippen LogP) is 4.81. The minimum atomic E-state index is -0.905. The van der Waals surface area contributed by atoms with Gasteiger partial charge in [-0.15, -0.1) is 0 Å². The van der Waals surface area contributed by atoms with Gasteiger partial charge in [-0.05, 0) is 42.8 Å². The molecular weight excluding hydrogens is 612 g/mol. The number of hydrogen-bond acceptors (Lipinski definition) is 7. The first-order valence-corrected chi connectivity index (χ1v) is 15.8. The molecule has 0 saturated carbocycles. The van der Waals surface area contributed by atoms with Crippen molar-refractivity contribution in [3.05, 3.63) is 151 Å². The summed E-state index contributed by atoms with van der Waals surface area (Å²) in [6, 6.07) is 30.7. The highest BCUT2D eigenvalue weighted by Crippen LogP contribution is 2.39. The van der Waals surface area contributed by atoms with Crippen molar-refractivity contribution < 1.29 is 19.1 Å². The summed E-state index contributed by atoms with van der Waals surface area (Å²) in [4.78, 5) is 49.7. The van der Waals surface area contributed by atoms with Crippen molar-refractivity contribution in [3.63, 3.8) is 0 Å². The lowest BCUT2D eigenvalue weighted by Gasteiger charge is -2.26. The monoisotopic (exact) mass is 642 g/mol. The quantitative estimate of drug-likeness (QED) is 0.275. The van der Waals surface area contributed by atoms with Crippen molar-refractivity contribution in [1.29, 1.82) is 0 Å². The van der Waals surface area contributed by atoms with Gasteiger partial charge < -0.3 is 19.7 Å². The van der Waals surface area contributed by atoms with Crippen LogP contribution in [0.3, 0.4) is 0 Å². The van der Waals surface area contributed by atoms with E-state index in [9.17, 15) is 14.4 Å². The van der Waals surface area contributed by atoms with Gasteiger partial charge in [0.15, 0.2) is 4.80 Å². The molecule has 3 heterocycles. The Morgan fingerprint density at radius 2 is 1.60 bits per heavy atom. The second-order valence-corrected chi connectivity index (χ2v) is 12.1. The molecule has 0 aliphatic carbocycles. The fourth-order valence-electron chi connectivity index (χ4n) is 6.14. The molecule has 7 rings (SSSR count). The number of nitrogens with zero attached hydrogens (tertiary/aromatic N) is 3. The van der Waals surface area contributed by atoms with Crippen LogP contribution in [0.2, 0.25) is 0 Å². The topological polar surface area (TPSA) is 102 Å². The number of aromatic nitrogens is 1. The highest BCUT2D eigenvalue weighted by molar-refractivity contribution is 7.07. The number of carbonyl (C=O) groups is 2. The van der Waals surface area contributed by atoms with Crippen LogP contribution in [0, 0.1) is 0 Å². The Labute approximate surface area is 274 Å². The third-order valence-corrected chi connectivity index (χ3v) is 9.40. The predicted molar refractivity (Wildman–Crippen MR) is 181 cm³/mol. The molecule has 2 amide bonds. The van der Waals surface area contributed by atoms with Crippen molar-refractivity contribution in [2.45, 2.75) is 19.5 Å². The van der Waals surface area contributed by atoms with Gasteiger partial charge in [-0.3, -0.25) is 19.0 Å². The number of anilines is 2. The average molecular weight is 643 g/mol. The van der Waals surface area contributed by atoms with Crippen molar-refractivity contribution >= 4 is 40.1 Å². The molecule has 0 unspecified atom stereocenters. The van der Waals surface area contributed by atoms with Gasteiger partial charge in [0.25, 0.3) is 17.4 Å². The first kappa shape index (κ1) is 29.9. The van der Waals surface area contributed by atoms with Gasteiger partial charge >= 0.3 is 0 Å². The van der Waals surface area contributed by atoms with Crippen LogP contribution >= 0.6 is 11.3 Å². The van der Waals surface area contributed by atoms with Gasteiger partial charge in [0, 0.05) is 22.9 Å². The summed E-state index contributed by atoms with van der Waals surface area (Å²) in [7, 11) is 3.08. The van der Waals surface area contributed by atoms with Gasteiger partial charge in [-0.2, -0.15) is 0 Å². The van der Waals surface area contributed by atoms with E-state index in [1.165, 1.54) is 11.7 Å². The molecule has 4 aromatic carbocycles. The molecule has 1 aromatic heterocycles. The maximum Gasteiger partial charge on any atom is 0.271 e. The maximum absolute atomic E-state index is 14.7. The van der Waals surface area contributed by atoms with Crippen LogP contribution in [0.4, 0.5) is 11.4 Å². The number of carbonyl (C=O) groups excluding carboxylic acids is 2. The lowest BCUT2D eigenvalue weighted by molar-refractivity contribution is -0.114. The first-order valence-electron chi connectivity index (χ1n) is 15.0. The summed E-state index contributed by atoms with van der Waals surface area (Å²) >= 11 is 1.14. The molecule has 2 aliphatic rings. The van der Waals surface area contributed by atoms with Crippen LogP contribution in [0.25, 0.3) is 5.57 Å². The number of methoxy groups -OCH3 is 2. The molecule has 0 spiro atoms. The van der Waals surface area contributed by atoms with Crippen LogP contribution in [0.15, 0.2) is 124 Å². The van der Waals surface area contributed by atoms with Crippen LogP contribution in [0.1, 0.15) is 29.7 Å². The number of rotatable bonds is 7. The van der Waals surface area contributed by atoms with Crippen molar-refractivity contribution in [2.24, 2.45) is 4.99 Å². The van der Waals surface area contributed by atoms with E-state index in [4.69, 9.17) is 14.5 Å². The molecule has 0 fully saturated rings. The van der Waals surface area contributed by atoms with Crippen molar-refractivity contribution in [2.75, 3.05) is 24.4 Å². The highest BCUT2D eigenvalue weighted by Gasteiger charge is 2.38. The number of thiazole rings is 1. The van der Waals surface area contributed by atoms with Crippen LogP contribution < -0.4 is 34.6 Å². The smallest absolute Gasteiger partial charge is 0.271 e. The molecule has 1 atom stereocenters. The van der Waals surface area contributed by atoms with E-state index in [1.54, 1.807) is 49.3 Å². The van der Waals surface area contributed by atoms with Crippen LogP contribution in [0.5, 0.6) is 11.5 Å². The Hall–Kier alpha value is -5.74. The number of para-hydroxylation sites is 2. The summed E-state index contributed by atoms with van der Waals surface area (Å²) in [6.45, 7) is 2.11. The highest BCUT2D eigenvalue weighted by atomic mass is 32.1. The number of hydrogen-bond donors (Lipinski definition) is 1. The largest absolute Gasteiger partial charge is 0.497 e. The number of allylic oxidation sites excluding steroid dienone is 1. The molecule has 0 radical (unpaired) electrons. The number of ether oxygens (including phenoxy) is 2. The Morgan fingerprint density at radius 3 is 2.32 bits per heavy atom. The molecule has 1 N–H and O–H groups in total. The molecular formula is C37H30N4O5S. The fraction of sp³-hybridized carbons (Fsp3) is 0.135. The number of amides is 2. The van der Waals surface area contributed by atoms with E-state index in [-0.39, 0.29) is 16.0 Å². The maximum atomic E-state index is 14.7. The molecule has 9 nitrogen and oxygen atoms in total. The van der Waals surface area contributed by atoms with Crippen molar-refractivity contribution in [1.82, 2.24) is 4.57 Å². The lowest BCUT2D eigenvalue weighted by atomic mass is 9.94. The lowest BCUT2D eigenvalue weighted by Crippen LogP contribution is -2.41. The van der Waals surface area contributed by atoms with Crippen LogP contribution in [-0.2, 0) is 16.1 Å². The summed E-state index contributed by atoms with van der Waals surface area (Å²) in [6.07, 6.45) is 0. The normalized spacial score (nSPS) is 16.4. The molecule has 5 aromatic rings. The van der Waals surface area contributed by atoms with Crippen LogP contribution in [-0.4, -0.2) is 30.6 Å². The summed E-state index contributed by atoms with van der Waals surface area (Å²) in [5.74, 6) is 0.317. The molecule has 0 saturated heterocycles. The van der Waals surface area contributed by atoms with E-state index >= 15 is 0 Å². The number of benzene rings is 4. The van der Waals surface area contributed by atoms with E-state index in [2.05, 4.69) is 5.32 Å². The fourth-order valence-corrected chi connectivity index (χ4v) is 7.28. The number of fused-ring (bicyclic) bond motifs is 2. The Bertz CT molecular complexity index is 2260. The van der Waals surface area contributed by atoms with Gasteiger partial charge in [0.1, 0.15) is 22.1 Å². The minimum absolute atomic E-state index is 0.256. The molecule has 10 heteroatoms. The summed E-state index contributed by atoms with van der Waals surface area (Å²) < 4.78 is 13.0. The molecule has 0 bridgehead atoms. The SMILES string of the molecule is COc1ccc([C@H]2C(C(=O)Nc3ccccc3)=C(C)N=c3s/c(=C4\C(=O)N(Cc5ccccc5)c5ccccc54)c(=O)n32)c(OC)c1. The van der Waals surface area contributed by atoms with E-state index in [0.717, 1.165) is 22.6 Å². The van der Waals surface area contributed by atoms with Gasteiger partial charge in [0.05, 0.1) is 43.3 Å². The first-order chi connectivity index (χ1) is 22.9. The zero-order valence-corrected chi connectivity index (χ0v) is 26.7.